The van der Waals surface area contributed by atoms with E-state index in [-0.39, 0.29) is 23.6 Å². The molecule has 0 aliphatic rings. The number of fused-ring (bicyclic) bond motifs is 1. The van der Waals surface area contributed by atoms with Crippen molar-refractivity contribution >= 4 is 27.5 Å². The summed E-state index contributed by atoms with van der Waals surface area (Å²) in [6.45, 7) is 6.10. The number of rotatable bonds is 6. The molecule has 0 fully saturated rings. The minimum Gasteiger partial charge on any atom is -0.454 e. The van der Waals surface area contributed by atoms with Crippen molar-refractivity contribution in [2.75, 3.05) is 0 Å². The Morgan fingerprint density at radius 3 is 2.89 bits per heavy atom. The van der Waals surface area contributed by atoms with E-state index in [1.807, 2.05) is 6.92 Å². The number of nitrogens with one attached hydrogen (secondary N) is 1. The molecule has 1 N–H and O–H groups in total. The Kier molecular flexibility index (Phi) is 5.70. The quantitative estimate of drug-likeness (QED) is 0.636. The van der Waals surface area contributed by atoms with Gasteiger partial charge in [0.1, 0.15) is 23.1 Å². The molecule has 27 heavy (non-hydrogen) atoms. The second-order valence-corrected chi connectivity index (χ2v) is 7.84. The first-order valence-electron chi connectivity index (χ1n) is 8.82. The highest BCUT2D eigenvalue weighted by Crippen LogP contribution is 2.29. The molecule has 2 heterocycles. The van der Waals surface area contributed by atoms with Crippen LogP contribution in [0.3, 0.4) is 0 Å². The maximum Gasteiger partial charge on any atom is 0.338 e. The van der Waals surface area contributed by atoms with Crippen molar-refractivity contribution in [2.45, 2.75) is 40.2 Å². The van der Waals surface area contributed by atoms with Crippen LogP contribution in [0.1, 0.15) is 46.9 Å². The number of ether oxygens (including phenoxy) is 1. The van der Waals surface area contributed by atoms with E-state index in [0.717, 1.165) is 29.3 Å². The van der Waals surface area contributed by atoms with Crippen LogP contribution in [0.25, 0.3) is 10.2 Å². The Morgan fingerprint density at radius 2 is 2.19 bits per heavy atom. The van der Waals surface area contributed by atoms with Crippen LogP contribution >= 0.6 is 11.3 Å². The van der Waals surface area contributed by atoms with Gasteiger partial charge in [-0.15, -0.1) is 11.3 Å². The van der Waals surface area contributed by atoms with E-state index in [4.69, 9.17) is 4.74 Å². The number of benzene rings is 1. The number of hydrogen-bond acceptors (Lipinski definition) is 5. The third kappa shape index (κ3) is 4.24. The van der Waals surface area contributed by atoms with E-state index < -0.39 is 11.8 Å². The lowest BCUT2D eigenvalue weighted by Gasteiger charge is -2.08. The van der Waals surface area contributed by atoms with Gasteiger partial charge >= 0.3 is 5.97 Å². The lowest BCUT2D eigenvalue weighted by molar-refractivity contribution is 0.0462. The number of nitrogens with zero attached hydrogens (tertiary/aromatic N) is 1. The summed E-state index contributed by atoms with van der Waals surface area (Å²) in [5.74, 6) is -0.432. The van der Waals surface area contributed by atoms with Crippen LogP contribution in [0.15, 0.2) is 29.1 Å². The normalized spacial score (nSPS) is 12.3. The zero-order chi connectivity index (χ0) is 19.6. The number of aromatic amines is 1. The summed E-state index contributed by atoms with van der Waals surface area (Å²) in [4.78, 5) is 33.5. The fourth-order valence-corrected chi connectivity index (χ4v) is 3.93. The summed E-state index contributed by atoms with van der Waals surface area (Å²) in [7, 11) is 0. The van der Waals surface area contributed by atoms with Crippen LogP contribution in [0.4, 0.5) is 4.39 Å². The molecule has 3 aromatic rings. The van der Waals surface area contributed by atoms with E-state index >= 15 is 0 Å². The summed E-state index contributed by atoms with van der Waals surface area (Å²) in [5, 5.41) is 0.623. The molecule has 0 radical (unpaired) electrons. The maximum atomic E-state index is 13.2. The highest BCUT2D eigenvalue weighted by Gasteiger charge is 2.17. The molecule has 2 aromatic heterocycles. The van der Waals surface area contributed by atoms with Crippen molar-refractivity contribution in [3.05, 3.63) is 62.3 Å². The molecule has 3 rings (SSSR count). The Labute approximate surface area is 160 Å². The van der Waals surface area contributed by atoms with E-state index in [0.29, 0.717) is 16.1 Å². The smallest absolute Gasteiger partial charge is 0.338 e. The van der Waals surface area contributed by atoms with Gasteiger partial charge in [0.05, 0.1) is 10.9 Å². The number of hydrogen-bond donors (Lipinski definition) is 1. The molecule has 0 saturated carbocycles. The first kappa shape index (κ1) is 19.2. The Hall–Kier alpha value is -2.54. The van der Waals surface area contributed by atoms with E-state index in [2.05, 4.69) is 23.8 Å². The second kappa shape index (κ2) is 8.00. The van der Waals surface area contributed by atoms with Gasteiger partial charge in [0.2, 0.25) is 0 Å². The van der Waals surface area contributed by atoms with Gasteiger partial charge in [-0.05, 0) is 43.0 Å². The van der Waals surface area contributed by atoms with Crippen LogP contribution in [-0.2, 0) is 17.8 Å². The first-order chi connectivity index (χ1) is 12.9. The highest BCUT2D eigenvalue weighted by atomic mass is 32.1. The molecule has 5 nitrogen and oxygen atoms in total. The minimum absolute atomic E-state index is 0.112. The Morgan fingerprint density at radius 1 is 1.41 bits per heavy atom. The van der Waals surface area contributed by atoms with Crippen molar-refractivity contribution in [1.82, 2.24) is 9.97 Å². The minimum atomic E-state index is -0.669. The SMILES string of the molecule is CC[C@@H](C)Cc1c(C)sc2nc(COC(=O)c3cccc(F)c3)[nH]c(=O)c12. The van der Waals surface area contributed by atoms with Crippen LogP contribution in [-0.4, -0.2) is 15.9 Å². The predicted molar refractivity (Wildman–Crippen MR) is 104 cm³/mol. The fraction of sp³-hybridized carbons (Fsp3) is 0.350. The molecule has 1 atom stereocenters. The molecule has 0 aliphatic carbocycles. The topological polar surface area (TPSA) is 72.0 Å². The van der Waals surface area contributed by atoms with Crippen molar-refractivity contribution in [1.29, 1.82) is 0 Å². The second-order valence-electron chi connectivity index (χ2n) is 6.63. The lowest BCUT2D eigenvalue weighted by Crippen LogP contribution is -2.15. The summed E-state index contributed by atoms with van der Waals surface area (Å²) in [6, 6.07) is 5.26. The summed E-state index contributed by atoms with van der Waals surface area (Å²) >= 11 is 1.47. The molecule has 142 valence electrons. The molecule has 1 aromatic carbocycles. The van der Waals surface area contributed by atoms with Gasteiger partial charge in [-0.3, -0.25) is 4.79 Å². The van der Waals surface area contributed by atoms with Crippen molar-refractivity contribution < 1.29 is 13.9 Å². The molecule has 0 aliphatic heterocycles. The van der Waals surface area contributed by atoms with Gasteiger partial charge in [0, 0.05) is 4.88 Å². The fourth-order valence-electron chi connectivity index (χ4n) is 2.86. The number of H-pyrrole nitrogens is 1. The molecular weight excluding hydrogens is 367 g/mol. The van der Waals surface area contributed by atoms with Gasteiger partial charge in [-0.1, -0.05) is 26.3 Å². The summed E-state index contributed by atoms with van der Waals surface area (Å²) in [5.41, 5.74) is 0.932. The third-order valence-corrected chi connectivity index (χ3v) is 5.60. The van der Waals surface area contributed by atoms with Crippen molar-refractivity contribution in [3.8, 4) is 0 Å². The monoisotopic (exact) mass is 388 g/mol. The molecule has 0 amide bonds. The number of esters is 1. The lowest BCUT2D eigenvalue weighted by atomic mass is 9.98. The van der Waals surface area contributed by atoms with Crippen molar-refractivity contribution in [3.63, 3.8) is 0 Å². The molecule has 0 bridgehead atoms. The van der Waals surface area contributed by atoms with Crippen LogP contribution in [0.5, 0.6) is 0 Å². The average Bonchev–Trinajstić information content (AvgIpc) is 2.95. The Balaban J connectivity index is 1.82. The number of aryl methyl sites for hydroxylation is 1. The largest absolute Gasteiger partial charge is 0.454 e. The number of aromatic nitrogens is 2. The molecule has 0 unspecified atom stereocenters. The number of carbonyl (C=O) groups excluding carboxylic acids is 1. The first-order valence-corrected chi connectivity index (χ1v) is 9.64. The van der Waals surface area contributed by atoms with Gasteiger partial charge in [0.15, 0.2) is 0 Å². The van der Waals surface area contributed by atoms with Gasteiger partial charge in [-0.25, -0.2) is 14.2 Å². The predicted octanol–water partition coefficient (Wildman–Crippen LogP) is 4.38. The number of thiophene rings is 1. The maximum absolute atomic E-state index is 13.2. The molecule has 0 spiro atoms. The molecule has 7 heteroatoms. The molecular formula is C20H21FN2O3S. The summed E-state index contributed by atoms with van der Waals surface area (Å²) in [6.07, 6.45) is 1.87. The molecule has 0 saturated heterocycles. The van der Waals surface area contributed by atoms with Gasteiger partial charge in [-0.2, -0.15) is 0 Å². The zero-order valence-corrected chi connectivity index (χ0v) is 16.3. The van der Waals surface area contributed by atoms with Crippen LogP contribution < -0.4 is 5.56 Å². The number of carbonyl (C=O) groups is 1. The third-order valence-electron chi connectivity index (χ3n) is 4.56. The van der Waals surface area contributed by atoms with Gasteiger partial charge < -0.3 is 9.72 Å². The van der Waals surface area contributed by atoms with E-state index in [9.17, 15) is 14.0 Å². The van der Waals surface area contributed by atoms with E-state index in [1.54, 1.807) is 0 Å². The van der Waals surface area contributed by atoms with Gasteiger partial charge in [0.25, 0.3) is 5.56 Å². The van der Waals surface area contributed by atoms with E-state index in [1.165, 1.54) is 29.5 Å². The van der Waals surface area contributed by atoms with Crippen molar-refractivity contribution in [2.24, 2.45) is 5.92 Å². The van der Waals surface area contributed by atoms with Crippen LogP contribution in [0, 0.1) is 18.7 Å². The van der Waals surface area contributed by atoms with Crippen LogP contribution in [0.2, 0.25) is 0 Å². The number of halogens is 1. The Bertz CT molecular complexity index is 1040. The summed E-state index contributed by atoms with van der Waals surface area (Å²) < 4.78 is 18.4. The highest BCUT2D eigenvalue weighted by molar-refractivity contribution is 7.18. The zero-order valence-electron chi connectivity index (χ0n) is 15.5. The average molecular weight is 388 g/mol. The standard InChI is InChI=1S/C20H21FN2O3S/c1-4-11(2)8-15-12(3)27-19-17(15)18(24)22-16(23-19)10-26-20(25)13-6-5-7-14(21)9-13/h5-7,9,11H,4,8,10H2,1-3H3,(H,22,23,24)/t11-/m1/s1.